The molecule has 0 fully saturated rings. The van der Waals surface area contributed by atoms with Crippen molar-refractivity contribution in [2.75, 3.05) is 6.54 Å². The Balaban J connectivity index is 2.29. The van der Waals surface area contributed by atoms with Crippen LogP contribution in [0.25, 0.3) is 0 Å². The lowest BCUT2D eigenvalue weighted by Gasteiger charge is -2.07. The first-order valence-corrected chi connectivity index (χ1v) is 6.73. The summed E-state index contributed by atoms with van der Waals surface area (Å²) in [5.74, 6) is -0.186. The second-order valence-corrected chi connectivity index (χ2v) is 5.61. The van der Waals surface area contributed by atoms with Crippen molar-refractivity contribution in [3.05, 3.63) is 29.8 Å². The van der Waals surface area contributed by atoms with Gasteiger partial charge in [-0.2, -0.15) is 0 Å². The largest absolute Gasteiger partial charge is 0.507 e. The average molecular weight is 300 g/mol. The Morgan fingerprint density at radius 3 is 2.76 bits per heavy atom. The number of hydrogen-bond acceptors (Lipinski definition) is 2. The number of nitrogens with one attached hydrogen (secondary N) is 1. The molecule has 0 aliphatic heterocycles. The number of benzene rings is 1. The first-order valence-electron chi connectivity index (χ1n) is 5.81. The smallest absolute Gasteiger partial charge is 0.255 e. The highest BCUT2D eigenvalue weighted by Gasteiger charge is 2.08. The molecule has 0 aromatic heterocycles. The van der Waals surface area contributed by atoms with Crippen LogP contribution in [0.5, 0.6) is 5.75 Å². The molecule has 0 bridgehead atoms. The van der Waals surface area contributed by atoms with Gasteiger partial charge in [-0.25, -0.2) is 0 Å². The van der Waals surface area contributed by atoms with Crippen LogP contribution in [0.3, 0.4) is 0 Å². The number of phenols is 1. The highest BCUT2D eigenvalue weighted by Crippen LogP contribution is 2.15. The Morgan fingerprint density at radius 2 is 2.12 bits per heavy atom. The first kappa shape index (κ1) is 14.0. The number of phenolic OH excluding ortho intramolecular Hbond substituents is 1. The summed E-state index contributed by atoms with van der Waals surface area (Å²) < 4.78 is 0. The van der Waals surface area contributed by atoms with Crippen LogP contribution in [-0.4, -0.2) is 22.4 Å². The van der Waals surface area contributed by atoms with E-state index in [0.717, 1.165) is 19.3 Å². The molecule has 0 heterocycles. The van der Waals surface area contributed by atoms with Crippen molar-refractivity contribution in [3.63, 3.8) is 0 Å². The third-order valence-corrected chi connectivity index (χ3v) is 2.92. The van der Waals surface area contributed by atoms with Gasteiger partial charge in [0, 0.05) is 11.4 Å². The topological polar surface area (TPSA) is 49.3 Å². The van der Waals surface area contributed by atoms with Gasteiger partial charge < -0.3 is 10.4 Å². The van der Waals surface area contributed by atoms with Gasteiger partial charge in [-0.15, -0.1) is 0 Å². The van der Waals surface area contributed by atoms with Crippen LogP contribution in [-0.2, 0) is 0 Å². The van der Waals surface area contributed by atoms with Crippen molar-refractivity contribution in [1.29, 1.82) is 0 Å². The highest BCUT2D eigenvalue weighted by molar-refractivity contribution is 9.09. The van der Waals surface area contributed by atoms with E-state index in [1.165, 1.54) is 6.07 Å². The maximum Gasteiger partial charge on any atom is 0.255 e. The Labute approximate surface area is 110 Å². The van der Waals surface area contributed by atoms with Crippen molar-refractivity contribution in [1.82, 2.24) is 5.32 Å². The predicted octanol–water partition coefficient (Wildman–Crippen LogP) is 3.08. The summed E-state index contributed by atoms with van der Waals surface area (Å²) in [5.41, 5.74) is 0.335. The summed E-state index contributed by atoms with van der Waals surface area (Å²) in [5, 5.41) is 12.3. The second-order valence-electron chi connectivity index (χ2n) is 4.05. The minimum atomic E-state index is -0.213. The lowest BCUT2D eigenvalue weighted by atomic mass is 10.1. The minimum absolute atomic E-state index is 0.0269. The molecular weight excluding hydrogens is 282 g/mol. The maximum absolute atomic E-state index is 11.7. The highest BCUT2D eigenvalue weighted by atomic mass is 79.9. The van der Waals surface area contributed by atoms with Crippen molar-refractivity contribution in [2.45, 2.75) is 31.0 Å². The molecule has 0 radical (unpaired) electrons. The van der Waals surface area contributed by atoms with E-state index < -0.39 is 0 Å². The normalized spacial score (nSPS) is 12.1. The number of carbonyl (C=O) groups excluding carboxylic acids is 1. The summed E-state index contributed by atoms with van der Waals surface area (Å²) in [6, 6.07) is 6.57. The van der Waals surface area contributed by atoms with Crippen LogP contribution >= 0.6 is 15.9 Å². The first-order chi connectivity index (χ1) is 8.11. The molecule has 1 unspecified atom stereocenters. The van der Waals surface area contributed by atoms with Crippen LogP contribution in [0, 0.1) is 0 Å². The standard InChI is InChI=1S/C13H18BrNO2/c1-10(14)6-4-5-9-15-13(17)11-7-2-3-8-12(11)16/h2-3,7-8,10,16H,4-6,9H2,1H3,(H,15,17). The number of amides is 1. The van der Waals surface area contributed by atoms with Crippen molar-refractivity contribution in [3.8, 4) is 5.75 Å². The molecule has 3 nitrogen and oxygen atoms in total. The van der Waals surface area contributed by atoms with Gasteiger partial charge in [0.1, 0.15) is 5.75 Å². The number of alkyl halides is 1. The molecule has 1 rings (SSSR count). The molecule has 0 saturated carbocycles. The molecule has 1 aromatic carbocycles. The molecule has 4 heteroatoms. The number of para-hydroxylation sites is 1. The summed E-state index contributed by atoms with van der Waals surface area (Å²) in [4.78, 5) is 12.2. The quantitative estimate of drug-likeness (QED) is 0.626. The molecule has 0 aliphatic rings. The third-order valence-electron chi connectivity index (χ3n) is 2.46. The summed E-state index contributed by atoms with van der Waals surface area (Å²) in [6.07, 6.45) is 3.13. The predicted molar refractivity (Wildman–Crippen MR) is 72.7 cm³/mol. The summed E-state index contributed by atoms with van der Waals surface area (Å²) in [7, 11) is 0. The fraction of sp³-hybridized carbons (Fsp3) is 0.462. The van der Waals surface area contributed by atoms with E-state index in [-0.39, 0.29) is 11.7 Å². The van der Waals surface area contributed by atoms with E-state index in [4.69, 9.17) is 0 Å². The SMILES string of the molecule is CC(Br)CCCCNC(=O)c1ccccc1O. The van der Waals surface area contributed by atoms with Gasteiger partial charge in [0.2, 0.25) is 0 Å². The molecular formula is C13H18BrNO2. The van der Waals surface area contributed by atoms with Gasteiger partial charge in [0.25, 0.3) is 5.91 Å². The van der Waals surface area contributed by atoms with Gasteiger partial charge in [-0.3, -0.25) is 4.79 Å². The van der Waals surface area contributed by atoms with Gasteiger partial charge in [-0.05, 0) is 25.0 Å². The Bertz CT molecular complexity index is 366. The molecule has 1 amide bonds. The van der Waals surface area contributed by atoms with Gasteiger partial charge >= 0.3 is 0 Å². The molecule has 0 aliphatic carbocycles. The lowest BCUT2D eigenvalue weighted by Crippen LogP contribution is -2.24. The van der Waals surface area contributed by atoms with E-state index in [1.807, 2.05) is 0 Å². The number of halogens is 1. The van der Waals surface area contributed by atoms with Gasteiger partial charge in [-0.1, -0.05) is 41.4 Å². The fourth-order valence-electron chi connectivity index (χ4n) is 1.51. The summed E-state index contributed by atoms with van der Waals surface area (Å²) in [6.45, 7) is 2.76. The second kappa shape index (κ2) is 7.33. The zero-order chi connectivity index (χ0) is 12.7. The molecule has 1 atom stereocenters. The maximum atomic E-state index is 11.7. The zero-order valence-electron chi connectivity index (χ0n) is 9.95. The van der Waals surface area contributed by atoms with E-state index in [1.54, 1.807) is 18.2 Å². The zero-order valence-corrected chi connectivity index (χ0v) is 11.5. The van der Waals surface area contributed by atoms with Gasteiger partial charge in [0.05, 0.1) is 5.56 Å². The number of carbonyl (C=O) groups is 1. The molecule has 1 aromatic rings. The molecule has 0 saturated heterocycles. The number of unbranched alkanes of at least 4 members (excludes halogenated alkanes) is 1. The minimum Gasteiger partial charge on any atom is -0.507 e. The molecule has 17 heavy (non-hydrogen) atoms. The van der Waals surface area contributed by atoms with Crippen LogP contribution < -0.4 is 5.32 Å². The van der Waals surface area contributed by atoms with Crippen LogP contribution in [0.1, 0.15) is 36.5 Å². The molecule has 0 spiro atoms. The van der Waals surface area contributed by atoms with E-state index in [9.17, 15) is 9.90 Å². The van der Waals surface area contributed by atoms with Crippen LogP contribution in [0.4, 0.5) is 0 Å². The monoisotopic (exact) mass is 299 g/mol. The lowest BCUT2D eigenvalue weighted by molar-refractivity contribution is 0.0950. The average Bonchev–Trinajstić information content (AvgIpc) is 2.28. The Kier molecular flexibility index (Phi) is 6.05. The van der Waals surface area contributed by atoms with Crippen molar-refractivity contribution >= 4 is 21.8 Å². The number of aromatic hydroxyl groups is 1. The van der Waals surface area contributed by atoms with Crippen molar-refractivity contribution < 1.29 is 9.90 Å². The van der Waals surface area contributed by atoms with E-state index >= 15 is 0 Å². The van der Waals surface area contributed by atoms with Crippen LogP contribution in [0.2, 0.25) is 0 Å². The molecule has 94 valence electrons. The third kappa shape index (κ3) is 5.22. The van der Waals surface area contributed by atoms with Gasteiger partial charge in [0.15, 0.2) is 0 Å². The number of rotatable bonds is 6. The van der Waals surface area contributed by atoms with Crippen LogP contribution in [0.15, 0.2) is 24.3 Å². The summed E-state index contributed by atoms with van der Waals surface area (Å²) >= 11 is 3.48. The Hall–Kier alpha value is -1.03. The van der Waals surface area contributed by atoms with Crippen molar-refractivity contribution in [2.24, 2.45) is 0 Å². The fourth-order valence-corrected chi connectivity index (χ4v) is 1.84. The van der Waals surface area contributed by atoms with E-state index in [0.29, 0.717) is 16.9 Å². The molecule has 2 N–H and O–H groups in total. The van der Waals surface area contributed by atoms with E-state index in [2.05, 4.69) is 28.2 Å². The Morgan fingerprint density at radius 1 is 1.41 bits per heavy atom. The number of hydrogen-bond donors (Lipinski definition) is 2.